The average molecular weight is 190 g/mol. The summed E-state index contributed by atoms with van der Waals surface area (Å²) in [5, 5.41) is 6.17. The highest BCUT2D eigenvalue weighted by Crippen LogP contribution is 2.28. The highest BCUT2D eigenvalue weighted by molar-refractivity contribution is 5.89. The quantitative estimate of drug-likeness (QED) is 0.745. The van der Waals surface area contributed by atoms with Crippen LogP contribution in [0, 0.1) is 0 Å². The summed E-state index contributed by atoms with van der Waals surface area (Å²) in [6.07, 6.45) is 1.15. The molecule has 2 rings (SSSR count). The number of rotatable bonds is 2. The van der Waals surface area contributed by atoms with E-state index in [4.69, 9.17) is 0 Å². The normalized spacial score (nSPS) is 19.9. The number of carbonyl (C=O) groups is 1. The second-order valence-electron chi connectivity index (χ2n) is 3.56. The monoisotopic (exact) mass is 190 g/mol. The fourth-order valence-electron chi connectivity index (χ4n) is 1.66. The Balaban J connectivity index is 2.23. The van der Waals surface area contributed by atoms with Gasteiger partial charge in [0.05, 0.1) is 0 Å². The van der Waals surface area contributed by atoms with Crippen LogP contribution in [-0.2, 0) is 4.79 Å². The molecule has 0 aromatic heterocycles. The molecule has 1 saturated heterocycles. The van der Waals surface area contributed by atoms with Gasteiger partial charge in [-0.25, -0.2) is 0 Å². The van der Waals surface area contributed by atoms with Gasteiger partial charge in [0.2, 0.25) is 5.91 Å². The zero-order valence-corrected chi connectivity index (χ0v) is 8.21. The van der Waals surface area contributed by atoms with Crippen LogP contribution in [0.15, 0.2) is 24.3 Å². The van der Waals surface area contributed by atoms with E-state index in [9.17, 15) is 4.79 Å². The van der Waals surface area contributed by atoms with Gasteiger partial charge in [0.1, 0.15) is 0 Å². The van der Waals surface area contributed by atoms with Crippen LogP contribution in [0.4, 0.5) is 5.69 Å². The van der Waals surface area contributed by atoms with Crippen LogP contribution in [0.1, 0.15) is 24.9 Å². The minimum atomic E-state index is -0.0169. The van der Waals surface area contributed by atoms with Crippen molar-refractivity contribution in [1.29, 1.82) is 0 Å². The second-order valence-corrected chi connectivity index (χ2v) is 3.56. The molecule has 3 heteroatoms. The summed E-state index contributed by atoms with van der Waals surface area (Å²) in [6.45, 7) is 2.60. The summed E-state index contributed by atoms with van der Waals surface area (Å²) in [5.41, 5.74) is 2.12. The van der Waals surface area contributed by atoms with Gasteiger partial charge in [0, 0.05) is 18.7 Å². The smallest absolute Gasteiger partial charge is 0.221 e. The molecule has 1 aromatic carbocycles. The number of nitrogens with one attached hydrogen (secondary N) is 2. The van der Waals surface area contributed by atoms with Crippen molar-refractivity contribution in [2.75, 3.05) is 11.9 Å². The number of amides is 1. The molecule has 1 aromatic rings. The number of hydrogen-bond donors (Lipinski definition) is 2. The molecule has 0 spiro atoms. The van der Waals surface area contributed by atoms with Gasteiger partial charge < -0.3 is 10.6 Å². The molecule has 0 saturated carbocycles. The maximum Gasteiger partial charge on any atom is 0.221 e. The highest BCUT2D eigenvalue weighted by Gasteiger charge is 2.20. The molecule has 1 atom stereocenters. The lowest BCUT2D eigenvalue weighted by Gasteiger charge is -2.29. The Morgan fingerprint density at radius 2 is 2.21 bits per heavy atom. The standard InChI is InChI=1S/C11H14N2O/c1-8(14)13-11-5-3-2-4-9(11)10-6-7-12-10/h2-5,10,12H,6-7H2,1H3,(H,13,14)/t10-/m0/s1. The van der Waals surface area contributed by atoms with Gasteiger partial charge in [-0.3, -0.25) is 4.79 Å². The van der Waals surface area contributed by atoms with E-state index in [1.807, 2.05) is 18.2 Å². The summed E-state index contributed by atoms with van der Waals surface area (Å²) in [5.74, 6) is -0.0169. The fourth-order valence-corrected chi connectivity index (χ4v) is 1.66. The van der Waals surface area contributed by atoms with Gasteiger partial charge in [-0.1, -0.05) is 18.2 Å². The predicted octanol–water partition coefficient (Wildman–Crippen LogP) is 1.68. The summed E-state index contributed by atoms with van der Waals surface area (Å²) in [4.78, 5) is 11.0. The Labute approximate surface area is 83.5 Å². The van der Waals surface area contributed by atoms with E-state index < -0.39 is 0 Å². The number of hydrogen-bond acceptors (Lipinski definition) is 2. The van der Waals surface area contributed by atoms with E-state index in [0.717, 1.165) is 18.7 Å². The minimum absolute atomic E-state index is 0.0169. The molecule has 3 nitrogen and oxygen atoms in total. The SMILES string of the molecule is CC(=O)Nc1ccccc1[C@@H]1CCN1. The van der Waals surface area contributed by atoms with Crippen LogP contribution < -0.4 is 10.6 Å². The molecule has 2 N–H and O–H groups in total. The Bertz CT molecular complexity index is 345. The van der Waals surface area contributed by atoms with Crippen LogP contribution in [0.3, 0.4) is 0 Å². The first-order chi connectivity index (χ1) is 6.77. The summed E-state index contributed by atoms with van der Waals surface area (Å²) in [7, 11) is 0. The van der Waals surface area contributed by atoms with Crippen molar-refractivity contribution < 1.29 is 4.79 Å². The molecule has 1 aliphatic rings. The lowest BCUT2D eigenvalue weighted by atomic mass is 9.96. The summed E-state index contributed by atoms with van der Waals surface area (Å²) >= 11 is 0. The molecule has 74 valence electrons. The number of anilines is 1. The molecule has 14 heavy (non-hydrogen) atoms. The van der Waals surface area contributed by atoms with E-state index in [0.29, 0.717) is 6.04 Å². The van der Waals surface area contributed by atoms with Crippen LogP contribution in [-0.4, -0.2) is 12.5 Å². The molecule has 1 fully saturated rings. The zero-order chi connectivity index (χ0) is 9.97. The van der Waals surface area contributed by atoms with Gasteiger partial charge >= 0.3 is 0 Å². The third-order valence-corrected chi connectivity index (χ3v) is 2.47. The highest BCUT2D eigenvalue weighted by atomic mass is 16.1. The van der Waals surface area contributed by atoms with E-state index in [1.165, 1.54) is 12.5 Å². The largest absolute Gasteiger partial charge is 0.326 e. The van der Waals surface area contributed by atoms with E-state index >= 15 is 0 Å². The Morgan fingerprint density at radius 3 is 2.79 bits per heavy atom. The zero-order valence-electron chi connectivity index (χ0n) is 8.21. The average Bonchev–Trinajstić information content (AvgIpc) is 2.04. The van der Waals surface area contributed by atoms with Crippen molar-refractivity contribution in [3.63, 3.8) is 0 Å². The Hall–Kier alpha value is -1.35. The lowest BCUT2D eigenvalue weighted by Crippen LogP contribution is -2.35. The molecular formula is C11H14N2O. The Kier molecular flexibility index (Phi) is 2.50. The van der Waals surface area contributed by atoms with Crippen molar-refractivity contribution >= 4 is 11.6 Å². The summed E-state index contributed by atoms with van der Waals surface area (Å²) < 4.78 is 0. The van der Waals surface area contributed by atoms with Gasteiger partial charge in [0.25, 0.3) is 0 Å². The number of para-hydroxylation sites is 1. The molecule has 0 bridgehead atoms. The van der Waals surface area contributed by atoms with E-state index in [-0.39, 0.29) is 5.91 Å². The van der Waals surface area contributed by atoms with Crippen molar-refractivity contribution in [1.82, 2.24) is 5.32 Å². The number of benzene rings is 1. The van der Waals surface area contributed by atoms with Crippen LogP contribution in [0.2, 0.25) is 0 Å². The third-order valence-electron chi connectivity index (χ3n) is 2.47. The molecule has 1 aliphatic heterocycles. The molecule has 0 radical (unpaired) electrons. The summed E-state index contributed by atoms with van der Waals surface area (Å²) in [6, 6.07) is 8.35. The molecule has 1 heterocycles. The van der Waals surface area contributed by atoms with Crippen molar-refractivity contribution in [3.05, 3.63) is 29.8 Å². The van der Waals surface area contributed by atoms with Crippen molar-refractivity contribution in [2.24, 2.45) is 0 Å². The van der Waals surface area contributed by atoms with Crippen LogP contribution >= 0.6 is 0 Å². The van der Waals surface area contributed by atoms with Crippen LogP contribution in [0.25, 0.3) is 0 Å². The number of carbonyl (C=O) groups excluding carboxylic acids is 1. The topological polar surface area (TPSA) is 41.1 Å². The Morgan fingerprint density at radius 1 is 1.50 bits per heavy atom. The molecule has 0 unspecified atom stereocenters. The first-order valence-corrected chi connectivity index (χ1v) is 4.87. The van der Waals surface area contributed by atoms with Gasteiger partial charge in [0.15, 0.2) is 0 Å². The molecule has 0 aliphatic carbocycles. The second kappa shape index (κ2) is 3.80. The minimum Gasteiger partial charge on any atom is -0.326 e. The first-order valence-electron chi connectivity index (χ1n) is 4.87. The molecule has 1 amide bonds. The third kappa shape index (κ3) is 1.77. The van der Waals surface area contributed by atoms with Gasteiger partial charge in [-0.2, -0.15) is 0 Å². The van der Waals surface area contributed by atoms with Crippen molar-refractivity contribution in [2.45, 2.75) is 19.4 Å². The van der Waals surface area contributed by atoms with Gasteiger partial charge in [-0.15, -0.1) is 0 Å². The maximum atomic E-state index is 11.0. The van der Waals surface area contributed by atoms with Crippen molar-refractivity contribution in [3.8, 4) is 0 Å². The fraction of sp³-hybridized carbons (Fsp3) is 0.364. The van der Waals surface area contributed by atoms with E-state index in [2.05, 4.69) is 16.7 Å². The lowest BCUT2D eigenvalue weighted by molar-refractivity contribution is -0.114. The predicted molar refractivity (Wildman–Crippen MR) is 56.1 cm³/mol. The van der Waals surface area contributed by atoms with Crippen LogP contribution in [0.5, 0.6) is 0 Å². The first kappa shape index (κ1) is 9.21. The molecular weight excluding hydrogens is 176 g/mol. The van der Waals surface area contributed by atoms with Gasteiger partial charge in [-0.05, 0) is 24.6 Å². The van der Waals surface area contributed by atoms with E-state index in [1.54, 1.807) is 0 Å². The maximum absolute atomic E-state index is 11.0.